The molecule has 0 bridgehead atoms. The maximum absolute atomic E-state index is 4.43. The lowest BCUT2D eigenvalue weighted by atomic mass is 10.3. The van der Waals surface area contributed by atoms with Crippen LogP contribution >= 0.6 is 11.3 Å². The maximum atomic E-state index is 4.43. The molecule has 17 heavy (non-hydrogen) atoms. The lowest BCUT2D eigenvalue weighted by Crippen LogP contribution is -2.06. The first kappa shape index (κ1) is 11.9. The topological polar surface area (TPSA) is 49.8 Å². The summed E-state index contributed by atoms with van der Waals surface area (Å²) in [7, 11) is 0. The van der Waals surface area contributed by atoms with Gasteiger partial charge in [0.25, 0.3) is 0 Å². The van der Waals surface area contributed by atoms with Crippen LogP contribution in [0.2, 0.25) is 0 Å². The monoisotopic (exact) mass is 248 g/mol. The fraction of sp³-hybridized carbons (Fsp3) is 0.333. The summed E-state index contributed by atoms with van der Waals surface area (Å²) in [4.78, 5) is 8.58. The van der Waals surface area contributed by atoms with E-state index in [0.29, 0.717) is 0 Å². The minimum atomic E-state index is 0.787. The van der Waals surface area contributed by atoms with Gasteiger partial charge in [-0.25, -0.2) is 4.98 Å². The first-order valence-corrected chi connectivity index (χ1v) is 6.63. The van der Waals surface area contributed by atoms with Crippen LogP contribution in [0.25, 0.3) is 0 Å². The van der Waals surface area contributed by atoms with Crippen molar-refractivity contribution in [3.05, 3.63) is 34.8 Å². The molecule has 0 aliphatic carbocycles. The Morgan fingerprint density at radius 3 is 2.76 bits per heavy atom. The van der Waals surface area contributed by atoms with E-state index in [1.807, 2.05) is 0 Å². The molecule has 0 fully saturated rings. The Balaban J connectivity index is 1.91. The third-order valence-electron chi connectivity index (χ3n) is 2.24. The van der Waals surface area contributed by atoms with Gasteiger partial charge in [0, 0.05) is 13.1 Å². The number of rotatable bonds is 6. The van der Waals surface area contributed by atoms with Crippen LogP contribution in [0.15, 0.2) is 29.2 Å². The Morgan fingerprint density at radius 2 is 2.06 bits per heavy atom. The van der Waals surface area contributed by atoms with E-state index in [0.717, 1.165) is 31.1 Å². The van der Waals surface area contributed by atoms with E-state index in [9.17, 15) is 0 Å². The van der Waals surface area contributed by atoms with Crippen molar-refractivity contribution in [1.29, 1.82) is 0 Å². The van der Waals surface area contributed by atoms with Crippen molar-refractivity contribution in [3.8, 4) is 0 Å². The molecule has 0 amide bonds. The lowest BCUT2D eigenvalue weighted by Gasteiger charge is -2.07. The summed E-state index contributed by atoms with van der Waals surface area (Å²) < 4.78 is 0. The molecule has 90 valence electrons. The summed E-state index contributed by atoms with van der Waals surface area (Å²) in [6.07, 6.45) is 4.56. The van der Waals surface area contributed by atoms with Crippen LogP contribution in [0.4, 0.5) is 11.6 Å². The van der Waals surface area contributed by atoms with Crippen molar-refractivity contribution in [2.45, 2.75) is 19.9 Å². The summed E-state index contributed by atoms with van der Waals surface area (Å²) in [5.41, 5.74) is 1.27. The molecule has 5 heteroatoms. The number of anilines is 2. The molecule has 4 nitrogen and oxygen atoms in total. The first-order valence-electron chi connectivity index (χ1n) is 5.69. The van der Waals surface area contributed by atoms with E-state index in [2.05, 4.69) is 44.4 Å². The minimum absolute atomic E-state index is 0.787. The molecule has 2 N–H and O–H groups in total. The quantitative estimate of drug-likeness (QED) is 0.825. The predicted octanol–water partition coefficient (Wildman–Crippen LogP) is 2.97. The Labute approximate surface area is 105 Å². The molecule has 0 unspecified atom stereocenters. The normalized spacial score (nSPS) is 10.2. The highest BCUT2D eigenvalue weighted by Gasteiger charge is 1.98. The number of thiophene rings is 1. The minimum Gasteiger partial charge on any atom is -0.369 e. The Morgan fingerprint density at radius 1 is 1.24 bits per heavy atom. The largest absolute Gasteiger partial charge is 0.369 e. The molecule has 0 saturated heterocycles. The zero-order valence-corrected chi connectivity index (χ0v) is 10.6. The Kier molecular flexibility index (Phi) is 4.32. The van der Waals surface area contributed by atoms with Gasteiger partial charge in [-0.2, -0.15) is 11.3 Å². The van der Waals surface area contributed by atoms with Gasteiger partial charge in [-0.1, -0.05) is 6.92 Å². The fourth-order valence-corrected chi connectivity index (χ4v) is 2.04. The van der Waals surface area contributed by atoms with Gasteiger partial charge in [0.1, 0.15) is 11.6 Å². The molecule has 2 rings (SSSR count). The van der Waals surface area contributed by atoms with Crippen molar-refractivity contribution in [2.75, 3.05) is 17.2 Å². The first-order chi connectivity index (χ1) is 8.38. The van der Waals surface area contributed by atoms with Gasteiger partial charge in [0.15, 0.2) is 0 Å². The van der Waals surface area contributed by atoms with Gasteiger partial charge in [-0.15, -0.1) is 0 Å². The second kappa shape index (κ2) is 6.20. The van der Waals surface area contributed by atoms with Crippen LogP contribution in [-0.2, 0) is 6.54 Å². The van der Waals surface area contributed by atoms with Crippen molar-refractivity contribution >= 4 is 23.0 Å². The summed E-state index contributed by atoms with van der Waals surface area (Å²) in [5.74, 6) is 1.62. The number of hydrogen-bond acceptors (Lipinski definition) is 5. The molecule has 0 saturated carbocycles. The standard InChI is InChI=1S/C12H16N4S/c1-2-4-14-11-7-13-8-12(16-11)15-6-10-3-5-17-9-10/h3,5,7-9H,2,4,6H2,1H3,(H2,14,15,16). The van der Waals surface area contributed by atoms with Gasteiger partial charge in [-0.3, -0.25) is 4.98 Å². The molecule has 2 aromatic rings. The van der Waals surface area contributed by atoms with E-state index in [1.54, 1.807) is 23.7 Å². The zero-order chi connectivity index (χ0) is 11.9. The summed E-state index contributed by atoms with van der Waals surface area (Å²) in [6, 6.07) is 2.10. The predicted molar refractivity (Wildman–Crippen MR) is 72.5 cm³/mol. The average Bonchev–Trinajstić information content (AvgIpc) is 2.87. The van der Waals surface area contributed by atoms with Gasteiger partial charge in [0.05, 0.1) is 12.4 Å². The third-order valence-corrected chi connectivity index (χ3v) is 2.98. The van der Waals surface area contributed by atoms with Gasteiger partial charge >= 0.3 is 0 Å². The van der Waals surface area contributed by atoms with Crippen molar-refractivity contribution in [3.63, 3.8) is 0 Å². The van der Waals surface area contributed by atoms with Gasteiger partial charge in [0.2, 0.25) is 0 Å². The molecule has 0 aromatic carbocycles. The third kappa shape index (κ3) is 3.71. The molecule has 0 spiro atoms. The Hall–Kier alpha value is -1.62. The van der Waals surface area contributed by atoms with E-state index in [1.165, 1.54) is 5.56 Å². The highest BCUT2D eigenvalue weighted by molar-refractivity contribution is 7.07. The molecular formula is C12H16N4S. The van der Waals surface area contributed by atoms with Gasteiger partial charge < -0.3 is 10.6 Å². The summed E-state index contributed by atoms with van der Waals surface area (Å²) in [5, 5.41) is 10.7. The molecule has 0 atom stereocenters. The number of hydrogen-bond donors (Lipinski definition) is 2. The number of aromatic nitrogens is 2. The molecule has 2 aromatic heterocycles. The zero-order valence-electron chi connectivity index (χ0n) is 9.81. The van der Waals surface area contributed by atoms with Crippen molar-refractivity contribution in [1.82, 2.24) is 9.97 Å². The fourth-order valence-electron chi connectivity index (χ4n) is 1.38. The van der Waals surface area contributed by atoms with E-state index in [-0.39, 0.29) is 0 Å². The van der Waals surface area contributed by atoms with Crippen LogP contribution in [0.3, 0.4) is 0 Å². The van der Waals surface area contributed by atoms with Crippen molar-refractivity contribution < 1.29 is 0 Å². The second-order valence-electron chi connectivity index (χ2n) is 3.70. The van der Waals surface area contributed by atoms with Crippen LogP contribution in [0, 0.1) is 0 Å². The highest BCUT2D eigenvalue weighted by atomic mass is 32.1. The van der Waals surface area contributed by atoms with Crippen LogP contribution < -0.4 is 10.6 Å². The van der Waals surface area contributed by atoms with Crippen LogP contribution in [-0.4, -0.2) is 16.5 Å². The number of nitrogens with one attached hydrogen (secondary N) is 2. The molecule has 0 aliphatic rings. The second-order valence-corrected chi connectivity index (χ2v) is 4.48. The van der Waals surface area contributed by atoms with Crippen LogP contribution in [0.1, 0.15) is 18.9 Å². The SMILES string of the molecule is CCCNc1cncc(NCc2ccsc2)n1. The van der Waals surface area contributed by atoms with Gasteiger partial charge in [-0.05, 0) is 28.8 Å². The Bertz CT molecular complexity index is 442. The smallest absolute Gasteiger partial charge is 0.147 e. The maximum Gasteiger partial charge on any atom is 0.147 e. The van der Waals surface area contributed by atoms with E-state index < -0.39 is 0 Å². The number of nitrogens with zero attached hydrogens (tertiary/aromatic N) is 2. The molecule has 0 aliphatic heterocycles. The molecule has 2 heterocycles. The molecular weight excluding hydrogens is 232 g/mol. The summed E-state index contributed by atoms with van der Waals surface area (Å²) >= 11 is 1.70. The molecule has 0 radical (unpaired) electrons. The lowest BCUT2D eigenvalue weighted by molar-refractivity contribution is 0.963. The van der Waals surface area contributed by atoms with Crippen LogP contribution in [0.5, 0.6) is 0 Å². The summed E-state index contributed by atoms with van der Waals surface area (Å²) in [6.45, 7) is 3.83. The highest BCUT2D eigenvalue weighted by Crippen LogP contribution is 2.10. The van der Waals surface area contributed by atoms with Crippen molar-refractivity contribution in [2.24, 2.45) is 0 Å². The average molecular weight is 248 g/mol. The van der Waals surface area contributed by atoms with E-state index >= 15 is 0 Å². The van der Waals surface area contributed by atoms with E-state index in [4.69, 9.17) is 0 Å².